The summed E-state index contributed by atoms with van der Waals surface area (Å²) >= 11 is 0. The highest BCUT2D eigenvalue weighted by Gasteiger charge is 2.61. The molecule has 138 valence electrons. The van der Waals surface area contributed by atoms with Gasteiger partial charge in [0.25, 0.3) is 5.91 Å². The average molecular weight is 371 g/mol. The molecule has 3 aliphatic rings. The third kappa shape index (κ3) is 2.21. The standard InChI is InChI=1S/C22H17N3O3/c26-22(14-7-2-1-3-8-14)25-17-12-18(28-25)19-20(24-27-21(17)19)16-11-10-13-6-4-5-9-15(13)23-16/h1-11,17-19,21H,12H2/t17-,18+,19+,21+/m1/s1. The van der Waals surface area contributed by atoms with Crippen LogP contribution in [0.25, 0.3) is 10.9 Å². The Hall–Kier alpha value is -3.25. The molecule has 6 rings (SSSR count). The maximum Gasteiger partial charge on any atom is 0.277 e. The van der Waals surface area contributed by atoms with Crippen molar-refractivity contribution in [1.29, 1.82) is 0 Å². The summed E-state index contributed by atoms with van der Waals surface area (Å²) < 4.78 is 0. The van der Waals surface area contributed by atoms with Crippen molar-refractivity contribution in [1.82, 2.24) is 10.0 Å². The molecule has 0 unspecified atom stereocenters. The van der Waals surface area contributed by atoms with Crippen molar-refractivity contribution in [2.75, 3.05) is 0 Å². The minimum Gasteiger partial charge on any atom is -0.389 e. The maximum atomic E-state index is 12.8. The van der Waals surface area contributed by atoms with Gasteiger partial charge in [0.2, 0.25) is 0 Å². The van der Waals surface area contributed by atoms with E-state index >= 15 is 0 Å². The number of benzene rings is 2. The lowest BCUT2D eigenvalue weighted by Crippen LogP contribution is -2.49. The van der Waals surface area contributed by atoms with Crippen molar-refractivity contribution in [2.24, 2.45) is 11.1 Å². The van der Waals surface area contributed by atoms with E-state index in [0.29, 0.717) is 5.56 Å². The summed E-state index contributed by atoms with van der Waals surface area (Å²) in [5, 5.41) is 6.91. The number of aromatic nitrogens is 1. The second kappa shape index (κ2) is 5.87. The van der Waals surface area contributed by atoms with E-state index in [2.05, 4.69) is 5.16 Å². The van der Waals surface area contributed by atoms with Crippen LogP contribution < -0.4 is 0 Å². The molecule has 0 spiro atoms. The summed E-state index contributed by atoms with van der Waals surface area (Å²) in [7, 11) is 0. The fraction of sp³-hybridized carbons (Fsp3) is 0.227. The molecular formula is C22H17N3O3. The molecule has 6 nitrogen and oxygen atoms in total. The molecule has 2 aromatic carbocycles. The Morgan fingerprint density at radius 2 is 1.82 bits per heavy atom. The fourth-order valence-corrected chi connectivity index (χ4v) is 4.51. The number of fused-ring (bicyclic) bond motifs is 6. The van der Waals surface area contributed by atoms with E-state index in [-0.39, 0.29) is 30.1 Å². The van der Waals surface area contributed by atoms with Crippen LogP contribution >= 0.6 is 0 Å². The normalized spacial score (nSPS) is 27.6. The topological polar surface area (TPSA) is 64.0 Å². The molecule has 1 amide bonds. The van der Waals surface area contributed by atoms with Crippen LogP contribution in [0, 0.1) is 5.92 Å². The lowest BCUT2D eigenvalue weighted by atomic mass is 9.94. The van der Waals surface area contributed by atoms with Gasteiger partial charge in [-0.15, -0.1) is 0 Å². The Morgan fingerprint density at radius 1 is 1.00 bits per heavy atom. The highest BCUT2D eigenvalue weighted by Crippen LogP contribution is 2.46. The van der Waals surface area contributed by atoms with E-state index in [0.717, 1.165) is 28.7 Å². The number of carbonyl (C=O) groups excluding carboxylic acids is 1. The summed E-state index contributed by atoms with van der Waals surface area (Å²) in [5.41, 5.74) is 3.16. The van der Waals surface area contributed by atoms with Crippen LogP contribution in [-0.2, 0) is 9.68 Å². The molecule has 2 aliphatic heterocycles. The number of rotatable bonds is 2. The quantitative estimate of drug-likeness (QED) is 0.694. The first-order valence-corrected chi connectivity index (χ1v) is 9.45. The molecule has 1 saturated heterocycles. The van der Waals surface area contributed by atoms with Gasteiger partial charge >= 0.3 is 0 Å². The van der Waals surface area contributed by atoms with Gasteiger partial charge in [0.05, 0.1) is 17.1 Å². The van der Waals surface area contributed by atoms with Crippen LogP contribution in [0.4, 0.5) is 0 Å². The molecule has 4 atom stereocenters. The molecule has 2 bridgehead atoms. The maximum absolute atomic E-state index is 12.8. The van der Waals surface area contributed by atoms with Crippen LogP contribution in [0.2, 0.25) is 0 Å². The number of amides is 1. The van der Waals surface area contributed by atoms with Crippen LogP contribution in [-0.4, -0.2) is 39.9 Å². The number of hydroxylamine groups is 2. The predicted octanol–water partition coefficient (Wildman–Crippen LogP) is 3.18. The Labute approximate surface area is 161 Å². The van der Waals surface area contributed by atoms with Gasteiger partial charge in [-0.05, 0) is 24.3 Å². The molecule has 0 radical (unpaired) electrons. The van der Waals surface area contributed by atoms with Crippen LogP contribution in [0.3, 0.4) is 0 Å². The van der Waals surface area contributed by atoms with E-state index in [1.54, 1.807) is 12.1 Å². The molecule has 1 saturated carbocycles. The summed E-state index contributed by atoms with van der Waals surface area (Å²) in [6, 6.07) is 21.1. The van der Waals surface area contributed by atoms with Gasteiger partial charge in [-0.25, -0.2) is 10.0 Å². The molecule has 1 aliphatic carbocycles. The number of nitrogens with zero attached hydrogens (tertiary/aromatic N) is 3. The van der Waals surface area contributed by atoms with Gasteiger partial charge in [0.15, 0.2) is 6.10 Å². The molecule has 3 aromatic rings. The van der Waals surface area contributed by atoms with E-state index < -0.39 is 0 Å². The average Bonchev–Trinajstić information content (AvgIpc) is 3.46. The Kier molecular flexibility index (Phi) is 3.31. The highest BCUT2D eigenvalue weighted by molar-refractivity contribution is 6.04. The summed E-state index contributed by atoms with van der Waals surface area (Å²) in [6.07, 6.45) is 0.437. The smallest absolute Gasteiger partial charge is 0.277 e. The second-order valence-electron chi connectivity index (χ2n) is 7.41. The van der Waals surface area contributed by atoms with E-state index in [9.17, 15) is 4.79 Å². The first kappa shape index (κ1) is 15.8. The van der Waals surface area contributed by atoms with Crippen molar-refractivity contribution < 1.29 is 14.5 Å². The molecule has 6 heteroatoms. The van der Waals surface area contributed by atoms with Crippen LogP contribution in [0.1, 0.15) is 22.5 Å². The van der Waals surface area contributed by atoms with Crippen molar-refractivity contribution in [2.45, 2.75) is 24.7 Å². The zero-order chi connectivity index (χ0) is 18.7. The molecule has 0 N–H and O–H groups in total. The third-order valence-corrected chi connectivity index (χ3v) is 5.83. The second-order valence-corrected chi connectivity index (χ2v) is 7.41. The third-order valence-electron chi connectivity index (χ3n) is 5.83. The van der Waals surface area contributed by atoms with Gasteiger partial charge in [0.1, 0.15) is 17.9 Å². The lowest BCUT2D eigenvalue weighted by molar-refractivity contribution is -0.189. The zero-order valence-electron chi connectivity index (χ0n) is 14.9. The van der Waals surface area contributed by atoms with Crippen molar-refractivity contribution >= 4 is 22.5 Å². The Morgan fingerprint density at radius 3 is 2.71 bits per heavy atom. The number of carbonyl (C=O) groups is 1. The van der Waals surface area contributed by atoms with E-state index in [1.807, 2.05) is 54.6 Å². The van der Waals surface area contributed by atoms with Gasteiger partial charge in [-0.1, -0.05) is 47.6 Å². The molecule has 2 fully saturated rings. The Balaban J connectivity index is 1.28. The van der Waals surface area contributed by atoms with Gasteiger partial charge in [-0.3, -0.25) is 9.63 Å². The van der Waals surface area contributed by atoms with Crippen molar-refractivity contribution in [3.8, 4) is 0 Å². The number of hydrogen-bond donors (Lipinski definition) is 0. The largest absolute Gasteiger partial charge is 0.389 e. The summed E-state index contributed by atoms with van der Waals surface area (Å²) in [5.74, 6) is -0.133. The van der Waals surface area contributed by atoms with Gasteiger partial charge < -0.3 is 4.84 Å². The zero-order valence-corrected chi connectivity index (χ0v) is 14.9. The number of pyridine rings is 1. The van der Waals surface area contributed by atoms with Crippen LogP contribution in [0.5, 0.6) is 0 Å². The molecular weight excluding hydrogens is 354 g/mol. The minimum atomic E-state index is -0.185. The van der Waals surface area contributed by atoms with Crippen LogP contribution in [0.15, 0.2) is 71.9 Å². The SMILES string of the molecule is O=C(c1ccccc1)N1O[C@H]2C[C@@H]1[C@@H]1ON=C(c3ccc4ccccc4n3)[C@@H]12. The molecule has 28 heavy (non-hydrogen) atoms. The monoisotopic (exact) mass is 371 g/mol. The van der Waals surface area contributed by atoms with Crippen molar-refractivity contribution in [3.05, 3.63) is 78.0 Å². The summed E-state index contributed by atoms with van der Waals surface area (Å²) in [4.78, 5) is 29.4. The minimum absolute atomic E-state index is 0.00140. The first-order valence-electron chi connectivity index (χ1n) is 9.45. The first-order chi connectivity index (χ1) is 13.8. The fourth-order valence-electron chi connectivity index (χ4n) is 4.51. The van der Waals surface area contributed by atoms with Gasteiger partial charge in [0, 0.05) is 17.4 Å². The summed E-state index contributed by atoms with van der Waals surface area (Å²) in [6.45, 7) is 0. The Bertz CT molecular complexity index is 1110. The van der Waals surface area contributed by atoms with Crippen molar-refractivity contribution in [3.63, 3.8) is 0 Å². The number of hydrogen-bond acceptors (Lipinski definition) is 5. The van der Waals surface area contributed by atoms with E-state index in [4.69, 9.17) is 14.7 Å². The molecule has 3 heterocycles. The molecule has 1 aromatic heterocycles. The van der Waals surface area contributed by atoms with Gasteiger partial charge in [-0.2, -0.15) is 0 Å². The number of para-hydroxylation sites is 1. The van der Waals surface area contributed by atoms with E-state index in [1.165, 1.54) is 5.06 Å². The predicted molar refractivity (Wildman–Crippen MR) is 103 cm³/mol. The lowest BCUT2D eigenvalue weighted by Gasteiger charge is -2.32. The highest BCUT2D eigenvalue weighted by atomic mass is 16.7. The number of oxime groups is 1.